The van der Waals surface area contributed by atoms with E-state index in [1.165, 1.54) is 0 Å². The molecule has 4 nitrogen and oxygen atoms in total. The number of nitrogens with zero attached hydrogens (tertiary/aromatic N) is 1. The molecule has 0 aliphatic rings. The molecule has 0 aliphatic heterocycles. The number of hydrogen-bond donors (Lipinski definition) is 1. The highest BCUT2D eigenvalue weighted by Gasteiger charge is 2.08. The zero-order valence-electron chi connectivity index (χ0n) is 11.0. The van der Waals surface area contributed by atoms with E-state index in [1.54, 1.807) is 18.5 Å². The Morgan fingerprint density at radius 3 is 2.58 bits per heavy atom. The first-order valence-corrected chi connectivity index (χ1v) is 6.14. The van der Waals surface area contributed by atoms with E-state index in [9.17, 15) is 4.79 Å². The van der Waals surface area contributed by atoms with Gasteiger partial charge in [-0.1, -0.05) is 32.0 Å². The highest BCUT2D eigenvalue weighted by Crippen LogP contribution is 2.22. The number of carbonyl (C=O) groups is 1. The molecule has 0 atom stereocenters. The van der Waals surface area contributed by atoms with Crippen molar-refractivity contribution in [2.24, 2.45) is 5.92 Å². The Bertz CT molecular complexity index is 553. The minimum Gasteiger partial charge on any atom is -0.456 e. The summed E-state index contributed by atoms with van der Waals surface area (Å²) in [4.78, 5) is 15.7. The maximum Gasteiger partial charge on any atom is 0.226 e. The molecule has 1 aromatic carbocycles. The van der Waals surface area contributed by atoms with Crippen LogP contribution >= 0.6 is 0 Å². The molecule has 0 bridgehead atoms. The lowest BCUT2D eigenvalue weighted by Gasteiger charge is -2.09. The molecule has 19 heavy (non-hydrogen) atoms. The van der Waals surface area contributed by atoms with Crippen LogP contribution in [0.15, 0.2) is 48.8 Å². The average molecular weight is 256 g/mol. The van der Waals surface area contributed by atoms with Crippen molar-refractivity contribution in [3.8, 4) is 11.5 Å². The molecule has 0 spiro atoms. The van der Waals surface area contributed by atoms with Gasteiger partial charge in [-0.3, -0.25) is 9.78 Å². The van der Waals surface area contributed by atoms with Crippen LogP contribution in [0, 0.1) is 5.92 Å². The van der Waals surface area contributed by atoms with Crippen LogP contribution in [-0.2, 0) is 4.79 Å². The number of hydrogen-bond acceptors (Lipinski definition) is 3. The van der Waals surface area contributed by atoms with Gasteiger partial charge in [-0.05, 0) is 12.1 Å². The molecule has 0 unspecified atom stereocenters. The van der Waals surface area contributed by atoms with Gasteiger partial charge in [0.1, 0.15) is 11.5 Å². The average Bonchev–Trinajstić information content (AvgIpc) is 2.40. The topological polar surface area (TPSA) is 51.2 Å². The fourth-order valence-electron chi connectivity index (χ4n) is 1.45. The molecule has 1 aromatic heterocycles. The predicted molar refractivity (Wildman–Crippen MR) is 74.2 cm³/mol. The van der Waals surface area contributed by atoms with E-state index >= 15 is 0 Å². The molecular formula is C15H16N2O2. The van der Waals surface area contributed by atoms with Crippen LogP contribution < -0.4 is 10.1 Å². The molecule has 2 rings (SSSR count). The smallest absolute Gasteiger partial charge is 0.226 e. The zero-order valence-corrected chi connectivity index (χ0v) is 11.0. The van der Waals surface area contributed by atoms with Gasteiger partial charge in [0, 0.05) is 12.0 Å². The van der Waals surface area contributed by atoms with E-state index in [-0.39, 0.29) is 11.8 Å². The van der Waals surface area contributed by atoms with Crippen molar-refractivity contribution in [3.63, 3.8) is 0 Å². The van der Waals surface area contributed by atoms with Gasteiger partial charge >= 0.3 is 0 Å². The van der Waals surface area contributed by atoms with Crippen molar-refractivity contribution in [1.82, 2.24) is 4.98 Å². The highest BCUT2D eigenvalue weighted by atomic mass is 16.5. The Morgan fingerprint density at radius 2 is 1.89 bits per heavy atom. The second-order valence-corrected chi connectivity index (χ2v) is 4.47. The normalized spacial score (nSPS) is 10.3. The maximum atomic E-state index is 11.6. The summed E-state index contributed by atoms with van der Waals surface area (Å²) in [5.74, 6) is 1.21. The van der Waals surface area contributed by atoms with E-state index in [1.807, 2.05) is 44.2 Å². The van der Waals surface area contributed by atoms with E-state index in [4.69, 9.17) is 4.74 Å². The van der Waals surface area contributed by atoms with Gasteiger partial charge in [0.2, 0.25) is 5.91 Å². The number of para-hydroxylation sites is 1. The van der Waals surface area contributed by atoms with Gasteiger partial charge < -0.3 is 10.1 Å². The van der Waals surface area contributed by atoms with E-state index in [2.05, 4.69) is 10.3 Å². The Kier molecular flexibility index (Phi) is 4.13. The molecule has 1 amide bonds. The molecule has 0 saturated heterocycles. The number of rotatable bonds is 4. The molecule has 1 heterocycles. The third-order valence-corrected chi connectivity index (χ3v) is 2.48. The highest BCUT2D eigenvalue weighted by molar-refractivity contribution is 5.92. The number of ether oxygens (including phenoxy) is 1. The van der Waals surface area contributed by atoms with Gasteiger partial charge in [0.05, 0.1) is 18.1 Å². The second kappa shape index (κ2) is 6.00. The van der Waals surface area contributed by atoms with Crippen LogP contribution in [0.3, 0.4) is 0 Å². The minimum atomic E-state index is -0.0707. The lowest BCUT2D eigenvalue weighted by atomic mass is 10.2. The first kappa shape index (κ1) is 13.1. The minimum absolute atomic E-state index is 0.0429. The van der Waals surface area contributed by atoms with Crippen molar-refractivity contribution in [1.29, 1.82) is 0 Å². The Labute approximate surface area is 112 Å². The van der Waals surface area contributed by atoms with Crippen LogP contribution in [0.1, 0.15) is 13.8 Å². The summed E-state index contributed by atoms with van der Waals surface area (Å²) in [5.41, 5.74) is 0.632. The van der Waals surface area contributed by atoms with E-state index in [0.29, 0.717) is 11.4 Å². The summed E-state index contributed by atoms with van der Waals surface area (Å²) < 4.78 is 5.65. The Morgan fingerprint density at radius 1 is 1.16 bits per heavy atom. The summed E-state index contributed by atoms with van der Waals surface area (Å²) >= 11 is 0. The van der Waals surface area contributed by atoms with Crippen LogP contribution in [0.2, 0.25) is 0 Å². The maximum absolute atomic E-state index is 11.6. The van der Waals surface area contributed by atoms with Crippen molar-refractivity contribution < 1.29 is 9.53 Å². The summed E-state index contributed by atoms with van der Waals surface area (Å²) in [6.45, 7) is 3.68. The molecule has 0 radical (unpaired) electrons. The largest absolute Gasteiger partial charge is 0.456 e. The molecule has 0 saturated carbocycles. The quantitative estimate of drug-likeness (QED) is 0.911. The number of aromatic nitrogens is 1. The number of carbonyl (C=O) groups excluding carboxylic acids is 1. The molecule has 4 heteroatoms. The molecule has 1 N–H and O–H groups in total. The third-order valence-electron chi connectivity index (χ3n) is 2.48. The van der Waals surface area contributed by atoms with E-state index < -0.39 is 0 Å². The van der Waals surface area contributed by atoms with Crippen molar-refractivity contribution in [2.75, 3.05) is 5.32 Å². The monoisotopic (exact) mass is 256 g/mol. The summed E-state index contributed by atoms with van der Waals surface area (Å²) in [7, 11) is 0. The number of anilines is 1. The van der Waals surface area contributed by atoms with Crippen molar-refractivity contribution >= 4 is 11.6 Å². The van der Waals surface area contributed by atoms with E-state index in [0.717, 1.165) is 5.75 Å². The SMILES string of the molecule is CC(C)C(=O)Nc1cncc(Oc2ccccc2)c1. The molecule has 2 aromatic rings. The first-order valence-electron chi connectivity index (χ1n) is 6.14. The van der Waals surface area contributed by atoms with Gasteiger partial charge in [0.15, 0.2) is 0 Å². The predicted octanol–water partition coefficient (Wildman–Crippen LogP) is 3.47. The summed E-state index contributed by atoms with van der Waals surface area (Å²) in [6, 6.07) is 11.2. The summed E-state index contributed by atoms with van der Waals surface area (Å²) in [5, 5.41) is 2.79. The van der Waals surface area contributed by atoms with Gasteiger partial charge in [-0.2, -0.15) is 0 Å². The van der Waals surface area contributed by atoms with Crippen LogP contribution in [-0.4, -0.2) is 10.9 Å². The number of benzene rings is 1. The standard InChI is InChI=1S/C15H16N2O2/c1-11(2)15(18)17-12-8-14(10-16-9-12)19-13-6-4-3-5-7-13/h3-11H,1-2H3,(H,17,18). The third kappa shape index (κ3) is 3.81. The number of nitrogens with one attached hydrogen (secondary N) is 1. The first-order chi connectivity index (χ1) is 9.15. The van der Waals surface area contributed by atoms with Crippen LogP contribution in [0.25, 0.3) is 0 Å². The lowest BCUT2D eigenvalue weighted by Crippen LogP contribution is -2.17. The fraction of sp³-hybridized carbons (Fsp3) is 0.200. The second-order valence-electron chi connectivity index (χ2n) is 4.47. The number of pyridine rings is 1. The van der Waals surface area contributed by atoms with Gasteiger partial charge in [-0.25, -0.2) is 0 Å². The lowest BCUT2D eigenvalue weighted by molar-refractivity contribution is -0.118. The molecule has 98 valence electrons. The zero-order chi connectivity index (χ0) is 13.7. The molecule has 0 fully saturated rings. The Balaban J connectivity index is 2.09. The Hall–Kier alpha value is -2.36. The molecule has 0 aliphatic carbocycles. The number of amides is 1. The summed E-state index contributed by atoms with van der Waals surface area (Å²) in [6.07, 6.45) is 3.20. The van der Waals surface area contributed by atoms with Crippen molar-refractivity contribution in [3.05, 3.63) is 48.8 Å². The fourth-order valence-corrected chi connectivity index (χ4v) is 1.45. The van der Waals surface area contributed by atoms with Gasteiger partial charge in [0.25, 0.3) is 0 Å². The van der Waals surface area contributed by atoms with Crippen molar-refractivity contribution in [2.45, 2.75) is 13.8 Å². The van der Waals surface area contributed by atoms with Crippen LogP contribution in [0.4, 0.5) is 5.69 Å². The van der Waals surface area contributed by atoms with Crippen LogP contribution in [0.5, 0.6) is 11.5 Å². The van der Waals surface area contributed by atoms with Gasteiger partial charge in [-0.15, -0.1) is 0 Å². The molecular weight excluding hydrogens is 240 g/mol.